The Bertz CT molecular complexity index is 997. The number of aliphatic hydroxyl groups is 4. The van der Waals surface area contributed by atoms with Gasteiger partial charge in [-0.15, -0.1) is 0 Å². The van der Waals surface area contributed by atoms with Crippen LogP contribution in [0.25, 0.3) is 0 Å². The number of carbonyl (C=O) groups is 1. The van der Waals surface area contributed by atoms with Crippen molar-refractivity contribution in [2.45, 2.75) is 340 Å². The largest absolute Gasteiger partial charge is 0.457 e. The lowest BCUT2D eigenvalue weighted by atomic mass is 9.99. The van der Waals surface area contributed by atoms with E-state index in [0.717, 1.165) is 32.1 Å². The van der Waals surface area contributed by atoms with Gasteiger partial charge in [0.1, 0.15) is 30.5 Å². The zero-order chi connectivity index (χ0) is 48.5. The Morgan fingerprint density at radius 2 is 0.731 bits per heavy atom. The van der Waals surface area contributed by atoms with Gasteiger partial charge in [0.25, 0.3) is 0 Å². The summed E-state index contributed by atoms with van der Waals surface area (Å²) in [5, 5.41) is 40.4. The van der Waals surface area contributed by atoms with Crippen LogP contribution >= 0.6 is 0 Å². The van der Waals surface area contributed by atoms with Gasteiger partial charge in [0.05, 0.1) is 19.8 Å². The van der Waals surface area contributed by atoms with Crippen molar-refractivity contribution >= 4 is 5.97 Å². The van der Waals surface area contributed by atoms with E-state index in [1.807, 2.05) is 0 Å². The Morgan fingerprint density at radius 1 is 0.418 bits per heavy atom. The van der Waals surface area contributed by atoms with Crippen molar-refractivity contribution in [2.24, 2.45) is 0 Å². The molecule has 0 spiro atoms. The van der Waals surface area contributed by atoms with E-state index < -0.39 is 43.4 Å². The molecule has 9 nitrogen and oxygen atoms in total. The molecule has 1 fully saturated rings. The number of rotatable bonds is 53. The Labute approximate surface area is 414 Å². The molecule has 1 heterocycles. The van der Waals surface area contributed by atoms with E-state index in [4.69, 9.17) is 18.9 Å². The zero-order valence-electron chi connectivity index (χ0n) is 44.4. The van der Waals surface area contributed by atoms with Crippen molar-refractivity contribution in [3.05, 3.63) is 0 Å². The molecule has 0 radical (unpaired) electrons. The van der Waals surface area contributed by atoms with Crippen molar-refractivity contribution in [1.29, 1.82) is 0 Å². The minimum absolute atomic E-state index is 0.104. The molecule has 0 aromatic carbocycles. The molecule has 6 atom stereocenters. The Kier molecular flexibility index (Phi) is 48.1. The van der Waals surface area contributed by atoms with Crippen molar-refractivity contribution in [1.82, 2.24) is 0 Å². The maximum Gasteiger partial charge on any atom is 0.306 e. The molecule has 1 aliphatic heterocycles. The number of aliphatic hydroxyl groups excluding tert-OH is 4. The molecule has 0 aromatic heterocycles. The molecule has 9 heteroatoms. The number of esters is 1. The smallest absolute Gasteiger partial charge is 0.306 e. The molecule has 0 bridgehead atoms. The van der Waals surface area contributed by atoms with Gasteiger partial charge in [-0.3, -0.25) is 4.79 Å². The molecule has 67 heavy (non-hydrogen) atoms. The number of hydrogen-bond acceptors (Lipinski definition) is 9. The molecule has 400 valence electrons. The van der Waals surface area contributed by atoms with Crippen molar-refractivity contribution in [2.75, 3.05) is 26.4 Å². The highest BCUT2D eigenvalue weighted by molar-refractivity contribution is 5.69. The number of carbonyl (C=O) groups excluding carboxylic acids is 1. The molecular formula is C58H114O9. The van der Waals surface area contributed by atoms with Crippen LogP contribution in [0.2, 0.25) is 0 Å². The maximum absolute atomic E-state index is 12.9. The fourth-order valence-electron chi connectivity index (χ4n) is 9.67. The van der Waals surface area contributed by atoms with Gasteiger partial charge in [-0.25, -0.2) is 0 Å². The summed E-state index contributed by atoms with van der Waals surface area (Å²) in [5.41, 5.74) is 0. The van der Waals surface area contributed by atoms with Crippen LogP contribution in [0.4, 0.5) is 0 Å². The Hall–Kier alpha value is -0.810. The van der Waals surface area contributed by atoms with Gasteiger partial charge < -0.3 is 39.4 Å². The second kappa shape index (κ2) is 50.1. The first-order valence-electron chi connectivity index (χ1n) is 29.6. The third-order valence-electron chi connectivity index (χ3n) is 14.3. The predicted molar refractivity (Wildman–Crippen MR) is 280 cm³/mol. The fourth-order valence-corrected chi connectivity index (χ4v) is 9.67. The highest BCUT2D eigenvalue weighted by atomic mass is 16.7. The van der Waals surface area contributed by atoms with Gasteiger partial charge in [-0.2, -0.15) is 0 Å². The first-order valence-corrected chi connectivity index (χ1v) is 29.6. The van der Waals surface area contributed by atoms with Crippen LogP contribution in [0.5, 0.6) is 0 Å². The lowest BCUT2D eigenvalue weighted by molar-refractivity contribution is -0.305. The lowest BCUT2D eigenvalue weighted by Gasteiger charge is -2.39. The standard InChI is InChI=1S/C58H114O9/c1-3-5-7-9-11-13-15-17-19-21-23-25-26-27-28-29-31-33-35-37-39-41-43-45-47-54(60)66-52(51-65-58-57(63)56(62)55(61)53(49-59)67-58)50-64-48-46-44-42-40-38-36-34-32-30-24-22-20-18-16-14-12-10-8-6-4-2/h52-53,55-59,61-63H,3-51H2,1-2H3. The lowest BCUT2D eigenvalue weighted by Crippen LogP contribution is -2.59. The summed E-state index contributed by atoms with van der Waals surface area (Å²) >= 11 is 0. The van der Waals surface area contributed by atoms with Crippen molar-refractivity contribution < 1.29 is 44.2 Å². The maximum atomic E-state index is 12.9. The summed E-state index contributed by atoms with van der Waals surface area (Å²) in [6.45, 7) is 4.65. The minimum Gasteiger partial charge on any atom is -0.457 e. The van der Waals surface area contributed by atoms with E-state index in [1.165, 1.54) is 250 Å². The van der Waals surface area contributed by atoms with E-state index in [9.17, 15) is 25.2 Å². The second-order valence-electron chi connectivity index (χ2n) is 20.8. The van der Waals surface area contributed by atoms with Gasteiger partial charge in [0, 0.05) is 13.0 Å². The minimum atomic E-state index is -1.53. The SMILES string of the molecule is CCCCCCCCCCCCCCCCCCCCCCCCCCC(=O)OC(COCCCCCCCCCCCCCCCCCCCCCC)COC1OC(CO)C(O)C(O)C1O. The molecule has 1 rings (SSSR count). The number of hydrogen-bond donors (Lipinski definition) is 4. The van der Waals surface area contributed by atoms with Gasteiger partial charge in [-0.1, -0.05) is 284 Å². The molecular weight excluding hydrogens is 841 g/mol. The topological polar surface area (TPSA) is 135 Å². The van der Waals surface area contributed by atoms with Crippen LogP contribution in [-0.4, -0.2) is 89.6 Å². The van der Waals surface area contributed by atoms with Gasteiger partial charge in [0.15, 0.2) is 6.29 Å². The summed E-state index contributed by atoms with van der Waals surface area (Å²) in [6, 6.07) is 0. The van der Waals surface area contributed by atoms with Crippen LogP contribution in [0.3, 0.4) is 0 Å². The molecule has 1 saturated heterocycles. The highest BCUT2D eigenvalue weighted by Crippen LogP contribution is 2.23. The normalized spacial score (nSPS) is 19.0. The highest BCUT2D eigenvalue weighted by Gasteiger charge is 2.44. The number of unbranched alkanes of at least 4 members (excludes halogenated alkanes) is 42. The summed E-state index contributed by atoms with van der Waals surface area (Å²) in [5.74, 6) is -0.302. The first kappa shape index (κ1) is 64.2. The van der Waals surface area contributed by atoms with Crippen LogP contribution in [0.15, 0.2) is 0 Å². The summed E-state index contributed by atoms with van der Waals surface area (Å²) < 4.78 is 23.0. The summed E-state index contributed by atoms with van der Waals surface area (Å²) in [4.78, 5) is 12.9. The summed E-state index contributed by atoms with van der Waals surface area (Å²) in [6.07, 6.45) is 51.6. The molecule has 6 unspecified atom stereocenters. The quantitative estimate of drug-likeness (QED) is 0.0347. The average molecular weight is 956 g/mol. The van der Waals surface area contributed by atoms with Gasteiger partial charge in [0.2, 0.25) is 0 Å². The molecule has 4 N–H and O–H groups in total. The van der Waals surface area contributed by atoms with Crippen LogP contribution < -0.4 is 0 Å². The van der Waals surface area contributed by atoms with E-state index in [0.29, 0.717) is 13.0 Å². The average Bonchev–Trinajstić information content (AvgIpc) is 3.33. The van der Waals surface area contributed by atoms with Gasteiger partial charge in [-0.05, 0) is 12.8 Å². The molecule has 1 aliphatic rings. The monoisotopic (exact) mass is 955 g/mol. The van der Waals surface area contributed by atoms with Crippen LogP contribution in [-0.2, 0) is 23.7 Å². The molecule has 0 aliphatic carbocycles. The van der Waals surface area contributed by atoms with E-state index in [2.05, 4.69) is 13.8 Å². The number of ether oxygens (including phenoxy) is 4. The third-order valence-corrected chi connectivity index (χ3v) is 14.3. The zero-order valence-corrected chi connectivity index (χ0v) is 44.4. The molecule has 0 amide bonds. The third kappa shape index (κ3) is 40.5. The second-order valence-corrected chi connectivity index (χ2v) is 20.8. The predicted octanol–water partition coefficient (Wildman–Crippen LogP) is 15.3. The van der Waals surface area contributed by atoms with Crippen LogP contribution in [0.1, 0.15) is 303 Å². The van der Waals surface area contributed by atoms with E-state index in [1.54, 1.807) is 0 Å². The fraction of sp³-hybridized carbons (Fsp3) is 0.983. The van der Waals surface area contributed by atoms with E-state index in [-0.39, 0.29) is 19.2 Å². The molecule has 0 aromatic rings. The molecule has 0 saturated carbocycles. The van der Waals surface area contributed by atoms with Gasteiger partial charge >= 0.3 is 5.97 Å². The first-order chi connectivity index (χ1) is 32.9. The van der Waals surface area contributed by atoms with E-state index >= 15 is 0 Å². The summed E-state index contributed by atoms with van der Waals surface area (Å²) in [7, 11) is 0. The van der Waals surface area contributed by atoms with Crippen molar-refractivity contribution in [3.8, 4) is 0 Å². The van der Waals surface area contributed by atoms with Crippen LogP contribution in [0, 0.1) is 0 Å². The Balaban J connectivity index is 2.11. The van der Waals surface area contributed by atoms with Crippen molar-refractivity contribution in [3.63, 3.8) is 0 Å². The Morgan fingerprint density at radius 3 is 1.06 bits per heavy atom.